The van der Waals surface area contributed by atoms with Crippen LogP contribution in [0, 0.1) is 11.8 Å². The summed E-state index contributed by atoms with van der Waals surface area (Å²) in [6.07, 6.45) is 8.22. The minimum Gasteiger partial charge on any atom is -0.469 e. The molecule has 0 aliphatic rings. The highest BCUT2D eigenvalue weighted by atomic mass is 16.5. The van der Waals surface area contributed by atoms with E-state index in [0.717, 1.165) is 36.9 Å². The van der Waals surface area contributed by atoms with Gasteiger partial charge in [-0.15, -0.1) is 0 Å². The average Bonchev–Trinajstić information content (AvgIpc) is 2.87. The van der Waals surface area contributed by atoms with Crippen molar-refractivity contribution in [1.29, 1.82) is 0 Å². The molecule has 2 atom stereocenters. The van der Waals surface area contributed by atoms with Crippen LogP contribution in [0.1, 0.15) is 50.7 Å². The SMILES string of the molecule is CCC(CCCC(C)C(=O)OCCN(C)c1ccc(/C=C/Cc2ccccc2)cc1)C(=O)OC. The quantitative estimate of drug-likeness (QED) is 0.324. The summed E-state index contributed by atoms with van der Waals surface area (Å²) in [6.45, 7) is 4.83. The van der Waals surface area contributed by atoms with Gasteiger partial charge in [0.1, 0.15) is 6.61 Å². The normalized spacial score (nSPS) is 12.8. The largest absolute Gasteiger partial charge is 0.469 e. The zero-order valence-corrected chi connectivity index (χ0v) is 21.0. The Morgan fingerprint density at radius 1 is 1.00 bits per heavy atom. The lowest BCUT2D eigenvalue weighted by Crippen LogP contribution is -2.25. The molecule has 5 heteroatoms. The van der Waals surface area contributed by atoms with Gasteiger partial charge in [-0.2, -0.15) is 0 Å². The van der Waals surface area contributed by atoms with E-state index in [4.69, 9.17) is 9.47 Å². The van der Waals surface area contributed by atoms with Crippen LogP contribution >= 0.6 is 0 Å². The highest BCUT2D eigenvalue weighted by Gasteiger charge is 2.19. The van der Waals surface area contributed by atoms with Crippen LogP contribution in [0.4, 0.5) is 5.69 Å². The Kier molecular flexibility index (Phi) is 11.9. The number of hydrogen-bond acceptors (Lipinski definition) is 5. The molecule has 0 saturated heterocycles. The number of ether oxygens (including phenoxy) is 2. The first-order valence-electron chi connectivity index (χ1n) is 12.2. The molecular weight excluding hydrogens is 426 g/mol. The standard InChI is InChI=1S/C29H39NO4/c1-5-26(29(32)33-4)16-9-11-23(2)28(31)34-22-21-30(3)27-19-17-25(18-20-27)15-10-14-24-12-7-6-8-13-24/h6-8,10,12-13,15,17-20,23,26H,5,9,11,14,16,21-22H2,1-4H3/b15-10+. The molecular formula is C29H39NO4. The fourth-order valence-electron chi connectivity index (χ4n) is 3.78. The van der Waals surface area contributed by atoms with Crippen molar-refractivity contribution >= 4 is 23.7 Å². The van der Waals surface area contributed by atoms with Crippen molar-refractivity contribution in [2.75, 3.05) is 32.2 Å². The van der Waals surface area contributed by atoms with E-state index in [-0.39, 0.29) is 23.8 Å². The lowest BCUT2D eigenvalue weighted by Gasteiger charge is -2.20. The molecule has 0 aromatic heterocycles. The second kappa shape index (κ2) is 14.9. The first kappa shape index (κ1) is 27.2. The summed E-state index contributed by atoms with van der Waals surface area (Å²) < 4.78 is 10.3. The fourth-order valence-corrected chi connectivity index (χ4v) is 3.78. The van der Waals surface area contributed by atoms with E-state index >= 15 is 0 Å². The van der Waals surface area contributed by atoms with E-state index in [1.807, 2.05) is 27.0 Å². The van der Waals surface area contributed by atoms with Gasteiger partial charge in [-0.1, -0.05) is 74.9 Å². The van der Waals surface area contributed by atoms with Crippen LogP contribution in [0.2, 0.25) is 0 Å². The maximum Gasteiger partial charge on any atom is 0.308 e. The van der Waals surface area contributed by atoms with Crippen LogP contribution in [0.3, 0.4) is 0 Å². The molecule has 2 aromatic carbocycles. The summed E-state index contributed by atoms with van der Waals surface area (Å²) in [5.41, 5.74) is 3.54. The lowest BCUT2D eigenvalue weighted by atomic mass is 9.96. The average molecular weight is 466 g/mol. The minimum atomic E-state index is -0.182. The molecule has 0 bridgehead atoms. The number of rotatable bonds is 14. The maximum absolute atomic E-state index is 12.3. The van der Waals surface area contributed by atoms with Gasteiger partial charge in [0.25, 0.3) is 0 Å². The monoisotopic (exact) mass is 465 g/mol. The summed E-state index contributed by atoms with van der Waals surface area (Å²) in [6, 6.07) is 18.8. The predicted octanol–water partition coefficient (Wildman–Crippen LogP) is 5.93. The van der Waals surface area contributed by atoms with Gasteiger partial charge < -0.3 is 14.4 Å². The molecule has 2 aromatic rings. The molecule has 0 aliphatic carbocycles. The van der Waals surface area contributed by atoms with Crippen LogP contribution in [0.15, 0.2) is 60.7 Å². The molecule has 0 radical (unpaired) electrons. The van der Waals surface area contributed by atoms with Gasteiger partial charge >= 0.3 is 11.9 Å². The molecule has 5 nitrogen and oxygen atoms in total. The van der Waals surface area contributed by atoms with Crippen molar-refractivity contribution in [2.45, 2.75) is 46.0 Å². The van der Waals surface area contributed by atoms with E-state index < -0.39 is 0 Å². The van der Waals surface area contributed by atoms with E-state index in [2.05, 4.69) is 65.6 Å². The van der Waals surface area contributed by atoms with Crippen molar-refractivity contribution < 1.29 is 19.1 Å². The molecule has 0 amide bonds. The van der Waals surface area contributed by atoms with Gasteiger partial charge in [0.05, 0.1) is 25.5 Å². The number of carbonyl (C=O) groups excluding carboxylic acids is 2. The molecule has 0 N–H and O–H groups in total. The van der Waals surface area contributed by atoms with Crippen LogP contribution < -0.4 is 4.90 Å². The summed E-state index contributed by atoms with van der Waals surface area (Å²) in [4.78, 5) is 26.1. The Hall–Kier alpha value is -3.08. The third kappa shape index (κ3) is 9.42. The molecule has 0 saturated carbocycles. The molecule has 0 fully saturated rings. The third-order valence-corrected chi connectivity index (χ3v) is 6.13. The number of likely N-dealkylation sites (N-methyl/N-ethyl adjacent to an activating group) is 1. The Morgan fingerprint density at radius 2 is 1.71 bits per heavy atom. The molecule has 0 aliphatic heterocycles. The number of esters is 2. The summed E-state index contributed by atoms with van der Waals surface area (Å²) in [5.74, 6) is -0.620. The van der Waals surface area contributed by atoms with E-state index in [1.54, 1.807) is 0 Å². The number of allylic oxidation sites excluding steroid dienone is 1. The second-order valence-corrected chi connectivity index (χ2v) is 8.73. The fraction of sp³-hybridized carbons (Fsp3) is 0.448. The smallest absolute Gasteiger partial charge is 0.308 e. The minimum absolute atomic E-state index is 0.0902. The number of hydrogen-bond donors (Lipinski definition) is 0. The predicted molar refractivity (Wildman–Crippen MR) is 139 cm³/mol. The molecule has 2 rings (SSSR count). The van der Waals surface area contributed by atoms with Crippen molar-refractivity contribution in [1.82, 2.24) is 0 Å². The van der Waals surface area contributed by atoms with Crippen molar-refractivity contribution in [3.05, 3.63) is 71.8 Å². The van der Waals surface area contributed by atoms with Crippen molar-refractivity contribution in [2.24, 2.45) is 11.8 Å². The number of nitrogens with zero attached hydrogens (tertiary/aromatic N) is 1. The summed E-state index contributed by atoms with van der Waals surface area (Å²) in [5, 5.41) is 0. The van der Waals surface area contributed by atoms with Crippen molar-refractivity contribution in [3.8, 4) is 0 Å². The second-order valence-electron chi connectivity index (χ2n) is 8.73. The van der Waals surface area contributed by atoms with Gasteiger partial charge in [-0.25, -0.2) is 0 Å². The molecule has 0 heterocycles. The van der Waals surface area contributed by atoms with E-state index in [9.17, 15) is 9.59 Å². The highest BCUT2D eigenvalue weighted by Crippen LogP contribution is 2.18. The van der Waals surface area contributed by atoms with E-state index in [1.165, 1.54) is 12.7 Å². The van der Waals surface area contributed by atoms with Gasteiger partial charge in [0.2, 0.25) is 0 Å². The van der Waals surface area contributed by atoms with Crippen LogP contribution in [0.25, 0.3) is 6.08 Å². The molecule has 184 valence electrons. The summed E-state index contributed by atoms with van der Waals surface area (Å²) in [7, 11) is 3.41. The number of methoxy groups -OCH3 is 1. The van der Waals surface area contributed by atoms with Crippen LogP contribution in [-0.4, -0.2) is 39.2 Å². The van der Waals surface area contributed by atoms with E-state index in [0.29, 0.717) is 19.6 Å². The van der Waals surface area contributed by atoms with Gasteiger partial charge in [0, 0.05) is 12.7 Å². The Labute approximate surface area is 204 Å². The topological polar surface area (TPSA) is 55.8 Å². The molecule has 0 spiro atoms. The van der Waals surface area contributed by atoms with Crippen LogP contribution in [0.5, 0.6) is 0 Å². The lowest BCUT2D eigenvalue weighted by molar-refractivity contribution is -0.147. The van der Waals surface area contributed by atoms with Crippen LogP contribution in [-0.2, 0) is 25.5 Å². The first-order chi connectivity index (χ1) is 16.4. The summed E-state index contributed by atoms with van der Waals surface area (Å²) >= 11 is 0. The van der Waals surface area contributed by atoms with Gasteiger partial charge in [-0.3, -0.25) is 9.59 Å². The Bertz CT molecular complexity index is 892. The Morgan fingerprint density at radius 3 is 2.35 bits per heavy atom. The number of anilines is 1. The zero-order valence-electron chi connectivity index (χ0n) is 21.0. The highest BCUT2D eigenvalue weighted by molar-refractivity contribution is 5.72. The van der Waals surface area contributed by atoms with Gasteiger partial charge in [0.15, 0.2) is 0 Å². The first-order valence-corrected chi connectivity index (χ1v) is 12.2. The molecule has 34 heavy (non-hydrogen) atoms. The zero-order chi connectivity index (χ0) is 24.8. The Balaban J connectivity index is 1.69. The third-order valence-electron chi connectivity index (χ3n) is 6.13. The van der Waals surface area contributed by atoms with Gasteiger partial charge in [-0.05, 0) is 48.9 Å². The number of benzene rings is 2. The number of carbonyl (C=O) groups is 2. The maximum atomic E-state index is 12.3. The molecule has 2 unspecified atom stereocenters. The van der Waals surface area contributed by atoms with Crippen molar-refractivity contribution in [3.63, 3.8) is 0 Å².